The second-order valence-corrected chi connectivity index (χ2v) is 4.15. The molecule has 0 heterocycles. The van der Waals surface area contributed by atoms with Gasteiger partial charge in [0.1, 0.15) is 0 Å². The molecule has 76 valence electrons. The van der Waals surface area contributed by atoms with E-state index in [2.05, 4.69) is 0 Å². The molecule has 1 aromatic carbocycles. The van der Waals surface area contributed by atoms with E-state index in [-0.39, 0.29) is 12.2 Å². The summed E-state index contributed by atoms with van der Waals surface area (Å²) in [6.45, 7) is -0.285. The summed E-state index contributed by atoms with van der Waals surface area (Å²) in [7, 11) is 0. The normalized spacial score (nSPS) is 19.0. The maximum atomic E-state index is 12.1. The van der Waals surface area contributed by atoms with Crippen molar-refractivity contribution in [1.29, 1.82) is 0 Å². The van der Waals surface area contributed by atoms with Gasteiger partial charge < -0.3 is 5.73 Å². The lowest BCUT2D eigenvalue weighted by Gasteiger charge is -2.38. The fourth-order valence-corrected chi connectivity index (χ4v) is 1.96. The van der Waals surface area contributed by atoms with Crippen LogP contribution in [0.15, 0.2) is 24.3 Å². The van der Waals surface area contributed by atoms with Gasteiger partial charge in [0.25, 0.3) is 0 Å². The Morgan fingerprint density at radius 3 is 2.29 bits per heavy atom. The predicted octanol–water partition coefficient (Wildman–Crippen LogP) is 2.54. The van der Waals surface area contributed by atoms with Crippen LogP contribution in [0.5, 0.6) is 0 Å². The first kappa shape index (κ1) is 9.66. The molecule has 1 aliphatic rings. The van der Waals surface area contributed by atoms with Gasteiger partial charge in [-0.05, 0) is 30.4 Å². The molecular formula is C12H16FN. The highest BCUT2D eigenvalue weighted by atomic mass is 19.1. The largest absolute Gasteiger partial charge is 0.321 e. The van der Waals surface area contributed by atoms with Crippen LogP contribution in [0.3, 0.4) is 0 Å². The Kier molecular flexibility index (Phi) is 2.55. The smallest absolute Gasteiger partial charge is 0.0934 e. The van der Waals surface area contributed by atoms with Crippen LogP contribution < -0.4 is 5.73 Å². The topological polar surface area (TPSA) is 26.0 Å². The highest BCUT2D eigenvalue weighted by molar-refractivity contribution is 5.30. The predicted molar refractivity (Wildman–Crippen MR) is 55.8 cm³/mol. The summed E-state index contributed by atoms with van der Waals surface area (Å²) in [6, 6.07) is 8.07. The first-order chi connectivity index (χ1) is 6.74. The van der Waals surface area contributed by atoms with Gasteiger partial charge in [0.15, 0.2) is 0 Å². The zero-order chi connectivity index (χ0) is 10.0. The van der Waals surface area contributed by atoms with Crippen molar-refractivity contribution in [3.63, 3.8) is 0 Å². The number of halogens is 1. The lowest BCUT2D eigenvalue weighted by Crippen LogP contribution is -2.43. The molecular weight excluding hydrogens is 177 g/mol. The molecule has 0 atom stereocenters. The molecule has 1 aliphatic carbocycles. The second-order valence-electron chi connectivity index (χ2n) is 4.15. The molecule has 0 spiro atoms. The minimum atomic E-state index is -0.285. The van der Waals surface area contributed by atoms with Gasteiger partial charge in [-0.2, -0.15) is 0 Å². The van der Waals surface area contributed by atoms with Crippen molar-refractivity contribution in [1.82, 2.24) is 0 Å². The number of hydrogen-bond donors (Lipinski definition) is 1. The van der Waals surface area contributed by atoms with Crippen molar-refractivity contribution in [3.05, 3.63) is 35.4 Å². The van der Waals surface area contributed by atoms with Gasteiger partial charge in [0.05, 0.1) is 6.67 Å². The number of nitrogens with two attached hydrogens (primary N) is 1. The molecule has 2 heteroatoms. The fraction of sp³-hybridized carbons (Fsp3) is 0.500. The third-order valence-corrected chi connectivity index (χ3v) is 3.16. The molecule has 1 saturated carbocycles. The van der Waals surface area contributed by atoms with E-state index in [9.17, 15) is 4.39 Å². The van der Waals surface area contributed by atoms with Gasteiger partial charge in [-0.3, -0.25) is 4.39 Å². The van der Waals surface area contributed by atoms with Crippen molar-refractivity contribution < 1.29 is 4.39 Å². The van der Waals surface area contributed by atoms with E-state index < -0.39 is 0 Å². The molecule has 1 fully saturated rings. The third kappa shape index (κ3) is 1.67. The molecule has 14 heavy (non-hydrogen) atoms. The van der Waals surface area contributed by atoms with Crippen LogP contribution in [-0.4, -0.2) is 6.67 Å². The van der Waals surface area contributed by atoms with E-state index >= 15 is 0 Å². The highest BCUT2D eigenvalue weighted by Crippen LogP contribution is 2.38. The first-order valence-corrected chi connectivity index (χ1v) is 5.19. The third-order valence-electron chi connectivity index (χ3n) is 3.16. The molecule has 0 amide bonds. The molecule has 2 rings (SSSR count). The van der Waals surface area contributed by atoms with Crippen LogP contribution in [0, 0.1) is 0 Å². The van der Waals surface area contributed by atoms with E-state index in [1.165, 1.54) is 12.0 Å². The minimum absolute atomic E-state index is 0.0890. The van der Waals surface area contributed by atoms with Crippen molar-refractivity contribution in [2.75, 3.05) is 6.67 Å². The zero-order valence-electron chi connectivity index (χ0n) is 8.30. The van der Waals surface area contributed by atoms with Crippen LogP contribution in [0.25, 0.3) is 0 Å². The van der Waals surface area contributed by atoms with Crippen LogP contribution in [0.4, 0.5) is 4.39 Å². The van der Waals surface area contributed by atoms with E-state index in [0.29, 0.717) is 6.42 Å². The molecule has 0 radical (unpaired) electrons. The summed E-state index contributed by atoms with van der Waals surface area (Å²) in [5, 5.41) is 0. The highest BCUT2D eigenvalue weighted by Gasteiger charge is 2.33. The molecule has 1 nitrogen and oxygen atoms in total. The monoisotopic (exact) mass is 193 g/mol. The van der Waals surface area contributed by atoms with Crippen molar-refractivity contribution in [3.8, 4) is 0 Å². The average molecular weight is 193 g/mol. The molecule has 0 unspecified atom stereocenters. The minimum Gasteiger partial charge on any atom is -0.321 e. The van der Waals surface area contributed by atoms with Gasteiger partial charge in [-0.25, -0.2) is 0 Å². The van der Waals surface area contributed by atoms with E-state index in [4.69, 9.17) is 5.73 Å². The Morgan fingerprint density at radius 1 is 1.21 bits per heavy atom. The summed E-state index contributed by atoms with van der Waals surface area (Å²) in [5.41, 5.74) is 8.34. The van der Waals surface area contributed by atoms with Gasteiger partial charge in [-0.1, -0.05) is 24.3 Å². The zero-order valence-corrected chi connectivity index (χ0v) is 8.30. The molecule has 0 bridgehead atoms. The van der Waals surface area contributed by atoms with Crippen LogP contribution in [-0.2, 0) is 12.0 Å². The van der Waals surface area contributed by atoms with Crippen molar-refractivity contribution in [2.24, 2.45) is 5.73 Å². The SMILES string of the molecule is NC1(c2ccc(CCF)cc2)CCC1. The summed E-state index contributed by atoms with van der Waals surface area (Å²) in [5.74, 6) is 0. The number of alkyl halides is 1. The van der Waals surface area contributed by atoms with Crippen LogP contribution in [0.1, 0.15) is 30.4 Å². The van der Waals surface area contributed by atoms with Crippen molar-refractivity contribution in [2.45, 2.75) is 31.2 Å². The Hall–Kier alpha value is -0.890. The quantitative estimate of drug-likeness (QED) is 0.784. The lowest BCUT2D eigenvalue weighted by atomic mass is 9.73. The summed E-state index contributed by atoms with van der Waals surface area (Å²) < 4.78 is 12.1. The van der Waals surface area contributed by atoms with Crippen LogP contribution in [0.2, 0.25) is 0 Å². The van der Waals surface area contributed by atoms with E-state index in [0.717, 1.165) is 18.4 Å². The van der Waals surface area contributed by atoms with E-state index in [1.807, 2.05) is 24.3 Å². The Labute approximate surface area is 84.1 Å². The molecule has 0 aliphatic heterocycles. The Morgan fingerprint density at radius 2 is 1.86 bits per heavy atom. The Balaban J connectivity index is 2.13. The Bertz CT molecular complexity index is 301. The van der Waals surface area contributed by atoms with Gasteiger partial charge in [0.2, 0.25) is 0 Å². The number of hydrogen-bond acceptors (Lipinski definition) is 1. The average Bonchev–Trinajstić information content (AvgIpc) is 2.16. The molecule has 0 aromatic heterocycles. The standard InChI is InChI=1S/C12H16FN/c13-9-6-10-2-4-11(5-3-10)12(14)7-1-8-12/h2-5H,1,6-9,14H2. The van der Waals surface area contributed by atoms with E-state index in [1.54, 1.807) is 0 Å². The summed E-state index contributed by atoms with van der Waals surface area (Å²) in [4.78, 5) is 0. The van der Waals surface area contributed by atoms with Gasteiger partial charge in [-0.15, -0.1) is 0 Å². The number of aryl methyl sites for hydroxylation is 1. The second kappa shape index (κ2) is 3.70. The molecule has 0 saturated heterocycles. The fourth-order valence-electron chi connectivity index (χ4n) is 1.96. The molecule has 1 aromatic rings. The first-order valence-electron chi connectivity index (χ1n) is 5.19. The van der Waals surface area contributed by atoms with Crippen LogP contribution >= 0.6 is 0 Å². The number of benzene rings is 1. The summed E-state index contributed by atoms with van der Waals surface area (Å²) >= 11 is 0. The number of rotatable bonds is 3. The maximum Gasteiger partial charge on any atom is 0.0934 e. The molecule has 2 N–H and O–H groups in total. The van der Waals surface area contributed by atoms with Gasteiger partial charge >= 0.3 is 0 Å². The van der Waals surface area contributed by atoms with Crippen molar-refractivity contribution >= 4 is 0 Å². The summed E-state index contributed by atoms with van der Waals surface area (Å²) in [6.07, 6.45) is 3.89. The maximum absolute atomic E-state index is 12.1. The van der Waals surface area contributed by atoms with Gasteiger partial charge in [0, 0.05) is 12.0 Å². The lowest BCUT2D eigenvalue weighted by molar-refractivity contribution is 0.253.